The summed E-state index contributed by atoms with van der Waals surface area (Å²) in [5.41, 5.74) is 3.55. The first-order valence-corrected chi connectivity index (χ1v) is 12.5. The van der Waals surface area contributed by atoms with Crippen LogP contribution in [-0.2, 0) is 10.0 Å². The average Bonchev–Trinajstić information content (AvgIpc) is 3.52. The third kappa shape index (κ3) is 3.80. The van der Waals surface area contributed by atoms with Gasteiger partial charge in [0.15, 0.2) is 10.7 Å². The third-order valence-electron chi connectivity index (χ3n) is 5.51. The van der Waals surface area contributed by atoms with Gasteiger partial charge in [-0.05, 0) is 31.0 Å². The predicted octanol–water partition coefficient (Wildman–Crippen LogP) is 4.30. The predicted molar refractivity (Wildman–Crippen MR) is 126 cm³/mol. The number of nitrogens with one attached hydrogen (secondary N) is 2. The van der Waals surface area contributed by atoms with Crippen molar-refractivity contribution in [1.82, 2.24) is 19.7 Å². The van der Waals surface area contributed by atoms with Gasteiger partial charge in [-0.1, -0.05) is 18.2 Å². The summed E-state index contributed by atoms with van der Waals surface area (Å²) in [4.78, 5) is 15.9. The largest absolute Gasteiger partial charge is 0.420 e. The molecule has 174 valence electrons. The molecule has 0 fully saturated rings. The van der Waals surface area contributed by atoms with E-state index in [0.717, 1.165) is 45.9 Å². The van der Waals surface area contributed by atoms with Crippen molar-refractivity contribution in [3.05, 3.63) is 81.8 Å². The van der Waals surface area contributed by atoms with Crippen molar-refractivity contribution in [2.24, 2.45) is 0 Å². The minimum Gasteiger partial charge on any atom is -0.408 e. The molecule has 0 aliphatic rings. The Bertz CT molecular complexity index is 1670. The highest BCUT2D eigenvalue weighted by molar-refractivity contribution is 7.93. The Morgan fingerprint density at radius 1 is 1.26 bits per heavy atom. The van der Waals surface area contributed by atoms with E-state index in [2.05, 4.69) is 19.9 Å². The SMILES string of the molecule is Cc1n[nH]cc1-c1cccc([C@@H](C)n2c(=O)oc3cc(S(=O)(=O)Nc4nccs4)c(F)cc32)c1. The first kappa shape index (κ1) is 22.0. The van der Waals surface area contributed by atoms with Gasteiger partial charge in [-0.3, -0.25) is 14.4 Å². The van der Waals surface area contributed by atoms with Gasteiger partial charge in [-0.15, -0.1) is 11.3 Å². The molecular weight excluding hydrogens is 481 g/mol. The fourth-order valence-corrected chi connectivity index (χ4v) is 5.68. The number of fused-ring (bicyclic) bond motifs is 1. The second-order valence-electron chi connectivity index (χ2n) is 7.62. The zero-order valence-electron chi connectivity index (χ0n) is 17.9. The van der Waals surface area contributed by atoms with E-state index >= 15 is 0 Å². The monoisotopic (exact) mass is 499 g/mol. The van der Waals surface area contributed by atoms with Crippen LogP contribution < -0.4 is 10.5 Å². The van der Waals surface area contributed by atoms with E-state index < -0.39 is 32.5 Å². The van der Waals surface area contributed by atoms with Gasteiger partial charge in [0, 0.05) is 35.5 Å². The summed E-state index contributed by atoms with van der Waals surface area (Å²) in [5.74, 6) is -1.74. The number of aromatic nitrogens is 4. The van der Waals surface area contributed by atoms with E-state index in [9.17, 15) is 17.6 Å². The minimum absolute atomic E-state index is 0.0420. The summed E-state index contributed by atoms with van der Waals surface area (Å²) in [6.07, 6.45) is 3.21. The van der Waals surface area contributed by atoms with E-state index in [1.54, 1.807) is 18.5 Å². The fourth-order valence-electron chi connectivity index (χ4n) is 3.82. The molecule has 0 spiro atoms. The minimum atomic E-state index is -4.27. The number of thiazole rings is 1. The van der Waals surface area contributed by atoms with Crippen molar-refractivity contribution in [3.8, 4) is 11.1 Å². The molecule has 3 heterocycles. The molecule has 3 aromatic heterocycles. The molecule has 0 aliphatic heterocycles. The van der Waals surface area contributed by atoms with Crippen LogP contribution in [0.3, 0.4) is 0 Å². The molecule has 2 aromatic carbocycles. The number of oxazole rings is 1. The van der Waals surface area contributed by atoms with Crippen molar-refractivity contribution in [2.75, 3.05) is 4.72 Å². The molecule has 0 saturated carbocycles. The molecule has 2 N–H and O–H groups in total. The number of anilines is 1. The maximum atomic E-state index is 15.0. The Morgan fingerprint density at radius 2 is 2.09 bits per heavy atom. The second kappa shape index (κ2) is 8.22. The highest BCUT2D eigenvalue weighted by atomic mass is 32.2. The lowest BCUT2D eigenvalue weighted by Crippen LogP contribution is -2.19. The van der Waals surface area contributed by atoms with Crippen LogP contribution in [0.25, 0.3) is 22.2 Å². The molecule has 0 amide bonds. The lowest BCUT2D eigenvalue weighted by Gasteiger charge is -2.15. The quantitative estimate of drug-likeness (QED) is 0.359. The van der Waals surface area contributed by atoms with Crippen LogP contribution in [-0.4, -0.2) is 28.2 Å². The van der Waals surface area contributed by atoms with E-state index in [-0.39, 0.29) is 16.2 Å². The van der Waals surface area contributed by atoms with E-state index in [0.29, 0.717) is 0 Å². The lowest BCUT2D eigenvalue weighted by atomic mass is 10.0. The number of aryl methyl sites for hydroxylation is 1. The zero-order chi connectivity index (χ0) is 24.0. The Kier molecular flexibility index (Phi) is 5.33. The fraction of sp³-hybridized carbons (Fsp3) is 0.136. The van der Waals surface area contributed by atoms with Gasteiger partial charge in [0.05, 0.1) is 17.3 Å². The number of nitrogens with zero attached hydrogens (tertiary/aromatic N) is 3. The summed E-state index contributed by atoms with van der Waals surface area (Å²) >= 11 is 1.06. The van der Waals surface area contributed by atoms with Crippen LogP contribution in [0.15, 0.2) is 68.3 Å². The topological polar surface area (TPSA) is 123 Å². The average molecular weight is 500 g/mol. The van der Waals surface area contributed by atoms with Crippen LogP contribution in [0.5, 0.6) is 0 Å². The van der Waals surface area contributed by atoms with Crippen molar-refractivity contribution >= 4 is 37.6 Å². The summed E-state index contributed by atoms with van der Waals surface area (Å²) in [7, 11) is -4.27. The molecular formula is C22H18FN5O4S2. The van der Waals surface area contributed by atoms with Crippen molar-refractivity contribution < 1.29 is 17.2 Å². The van der Waals surface area contributed by atoms with Crippen molar-refractivity contribution in [1.29, 1.82) is 0 Å². The van der Waals surface area contributed by atoms with E-state index in [4.69, 9.17) is 4.42 Å². The maximum absolute atomic E-state index is 15.0. The standard InChI is InChI=1S/C22H18FN5O4S2/c1-12-16(11-25-26-12)15-5-3-4-14(8-15)13(2)28-18-9-17(23)20(10-19(18)32-22(28)29)34(30,31)27-21-24-6-7-33-21/h3-11,13H,1-2H3,(H,24,27)(H,25,26)/t13-/m1/s1. The molecule has 34 heavy (non-hydrogen) atoms. The van der Waals surface area contributed by atoms with E-state index in [1.807, 2.05) is 31.2 Å². The number of sulfonamides is 1. The summed E-state index contributed by atoms with van der Waals surface area (Å²) in [6.45, 7) is 3.66. The Labute approximate surface area is 196 Å². The van der Waals surface area contributed by atoms with Crippen molar-refractivity contribution in [3.63, 3.8) is 0 Å². The van der Waals surface area contributed by atoms with Gasteiger partial charge in [-0.25, -0.2) is 22.6 Å². The maximum Gasteiger partial charge on any atom is 0.420 e. The number of benzene rings is 2. The van der Waals surface area contributed by atoms with Gasteiger partial charge >= 0.3 is 5.76 Å². The molecule has 0 radical (unpaired) electrons. The van der Waals surface area contributed by atoms with Gasteiger partial charge in [0.25, 0.3) is 10.0 Å². The molecule has 9 nitrogen and oxygen atoms in total. The van der Waals surface area contributed by atoms with Crippen LogP contribution in [0.1, 0.15) is 24.2 Å². The number of hydrogen-bond acceptors (Lipinski definition) is 7. The highest BCUT2D eigenvalue weighted by Gasteiger charge is 2.25. The number of rotatable bonds is 6. The first-order chi connectivity index (χ1) is 16.2. The Morgan fingerprint density at radius 3 is 2.79 bits per heavy atom. The van der Waals surface area contributed by atoms with Crippen LogP contribution >= 0.6 is 11.3 Å². The molecule has 5 rings (SSSR count). The van der Waals surface area contributed by atoms with Crippen LogP contribution in [0.4, 0.5) is 9.52 Å². The van der Waals surface area contributed by atoms with Gasteiger partial charge in [-0.2, -0.15) is 5.10 Å². The van der Waals surface area contributed by atoms with Gasteiger partial charge in [0.1, 0.15) is 10.7 Å². The van der Waals surface area contributed by atoms with Crippen molar-refractivity contribution in [2.45, 2.75) is 24.8 Å². The highest BCUT2D eigenvalue weighted by Crippen LogP contribution is 2.30. The normalized spacial score (nSPS) is 12.8. The lowest BCUT2D eigenvalue weighted by molar-refractivity contribution is 0.489. The van der Waals surface area contributed by atoms with Crippen LogP contribution in [0, 0.1) is 12.7 Å². The molecule has 0 bridgehead atoms. The van der Waals surface area contributed by atoms with E-state index in [1.165, 1.54) is 10.8 Å². The number of aromatic amines is 1. The third-order valence-corrected chi connectivity index (χ3v) is 7.68. The zero-order valence-corrected chi connectivity index (χ0v) is 19.6. The molecule has 1 atom stereocenters. The summed E-state index contributed by atoms with van der Waals surface area (Å²) in [6, 6.07) is 9.04. The van der Waals surface area contributed by atoms with Gasteiger partial charge < -0.3 is 4.42 Å². The van der Waals surface area contributed by atoms with Gasteiger partial charge in [0.2, 0.25) is 0 Å². The molecule has 5 aromatic rings. The Hall–Kier alpha value is -3.77. The molecule has 0 saturated heterocycles. The number of hydrogen-bond donors (Lipinski definition) is 2. The first-order valence-electron chi connectivity index (χ1n) is 10.1. The smallest absolute Gasteiger partial charge is 0.408 e. The molecule has 12 heteroatoms. The number of halogens is 1. The molecule has 0 unspecified atom stereocenters. The second-order valence-corrected chi connectivity index (χ2v) is 10.2. The Balaban J connectivity index is 1.57. The summed E-state index contributed by atoms with van der Waals surface area (Å²) in [5, 5.41) is 8.64. The summed E-state index contributed by atoms with van der Waals surface area (Å²) < 4.78 is 49.2. The van der Waals surface area contributed by atoms with Crippen LogP contribution in [0.2, 0.25) is 0 Å². The molecule has 0 aliphatic carbocycles. The number of H-pyrrole nitrogens is 1.